The van der Waals surface area contributed by atoms with Crippen molar-refractivity contribution in [2.45, 2.75) is 11.4 Å². The van der Waals surface area contributed by atoms with Crippen molar-refractivity contribution in [3.8, 4) is 0 Å². The van der Waals surface area contributed by atoms with Crippen molar-refractivity contribution in [3.63, 3.8) is 0 Å². The van der Waals surface area contributed by atoms with E-state index in [2.05, 4.69) is 33.7 Å². The van der Waals surface area contributed by atoms with Crippen LogP contribution in [-0.4, -0.2) is 42.7 Å². The third-order valence-corrected chi connectivity index (χ3v) is 4.37. The van der Waals surface area contributed by atoms with Crippen LogP contribution in [0.5, 0.6) is 0 Å². The minimum atomic E-state index is 0.104. The molecule has 1 fully saturated rings. The fourth-order valence-corrected chi connectivity index (χ4v) is 3.14. The van der Waals surface area contributed by atoms with Crippen LogP contribution in [-0.2, 0) is 11.3 Å². The summed E-state index contributed by atoms with van der Waals surface area (Å²) < 4.78 is 0. The molecule has 2 aliphatic rings. The van der Waals surface area contributed by atoms with E-state index < -0.39 is 0 Å². The van der Waals surface area contributed by atoms with Crippen LogP contribution in [0.2, 0.25) is 0 Å². The van der Waals surface area contributed by atoms with Gasteiger partial charge in [0.25, 0.3) is 0 Å². The number of carbonyl (C=O) groups excluding carboxylic acids is 1. The lowest BCUT2D eigenvalue weighted by Crippen LogP contribution is -2.42. The molecule has 1 aromatic carbocycles. The molecule has 18 heavy (non-hydrogen) atoms. The first-order valence-electron chi connectivity index (χ1n) is 6.30. The zero-order valence-electron chi connectivity index (χ0n) is 10.2. The molecule has 0 saturated carbocycles. The molecule has 0 unspecified atom stereocenters. The maximum atomic E-state index is 11.4. The molecular weight excluding hydrogens is 246 g/mol. The Bertz CT molecular complexity index is 458. The average molecular weight is 263 g/mol. The molecular formula is C13H17N3OS. The summed E-state index contributed by atoms with van der Waals surface area (Å²) in [5.41, 5.74) is 2.25. The zero-order chi connectivity index (χ0) is 12.4. The van der Waals surface area contributed by atoms with Crippen molar-refractivity contribution in [1.29, 1.82) is 0 Å². The van der Waals surface area contributed by atoms with Gasteiger partial charge in [-0.05, 0) is 17.7 Å². The lowest BCUT2D eigenvalue weighted by atomic mass is 10.1. The highest BCUT2D eigenvalue weighted by molar-refractivity contribution is 8.00. The molecule has 0 aliphatic carbocycles. The van der Waals surface area contributed by atoms with Crippen LogP contribution in [0, 0.1) is 0 Å². The topological polar surface area (TPSA) is 44.4 Å². The van der Waals surface area contributed by atoms with Gasteiger partial charge in [-0.1, -0.05) is 6.07 Å². The van der Waals surface area contributed by atoms with Gasteiger partial charge in [-0.3, -0.25) is 9.69 Å². The van der Waals surface area contributed by atoms with Gasteiger partial charge in [-0.2, -0.15) is 0 Å². The lowest BCUT2D eigenvalue weighted by Gasteiger charge is -2.27. The van der Waals surface area contributed by atoms with Crippen molar-refractivity contribution in [2.75, 3.05) is 37.2 Å². The predicted octanol–water partition coefficient (Wildman–Crippen LogP) is 1.14. The molecule has 0 atom stereocenters. The van der Waals surface area contributed by atoms with E-state index in [-0.39, 0.29) is 5.91 Å². The fourth-order valence-electron chi connectivity index (χ4n) is 2.36. The van der Waals surface area contributed by atoms with E-state index in [9.17, 15) is 4.79 Å². The van der Waals surface area contributed by atoms with Crippen LogP contribution < -0.4 is 10.6 Å². The molecule has 0 radical (unpaired) electrons. The van der Waals surface area contributed by atoms with Crippen LogP contribution in [0.1, 0.15) is 5.56 Å². The van der Waals surface area contributed by atoms with Gasteiger partial charge in [-0.15, -0.1) is 11.8 Å². The number of benzene rings is 1. The number of fused-ring (bicyclic) bond motifs is 1. The van der Waals surface area contributed by atoms with Gasteiger partial charge in [0.05, 0.1) is 11.4 Å². The molecule has 3 rings (SSSR count). The smallest absolute Gasteiger partial charge is 0.234 e. The summed E-state index contributed by atoms with van der Waals surface area (Å²) in [5.74, 6) is 0.635. The Morgan fingerprint density at radius 1 is 1.28 bits per heavy atom. The number of thioether (sulfide) groups is 1. The fraction of sp³-hybridized carbons (Fsp3) is 0.462. The summed E-state index contributed by atoms with van der Waals surface area (Å²) in [6.07, 6.45) is 0. The summed E-state index contributed by atoms with van der Waals surface area (Å²) in [5, 5.41) is 6.30. The van der Waals surface area contributed by atoms with Gasteiger partial charge in [0.1, 0.15) is 0 Å². The number of nitrogens with one attached hydrogen (secondary N) is 2. The summed E-state index contributed by atoms with van der Waals surface area (Å²) in [6, 6.07) is 6.41. The summed E-state index contributed by atoms with van der Waals surface area (Å²) in [7, 11) is 0. The first-order chi connectivity index (χ1) is 8.81. The number of rotatable bonds is 2. The summed E-state index contributed by atoms with van der Waals surface area (Å²) >= 11 is 1.62. The SMILES string of the molecule is O=C1CSc2ccc(CN3CCNCC3)cc2N1. The summed E-state index contributed by atoms with van der Waals surface area (Å²) in [6.45, 7) is 5.29. The monoisotopic (exact) mass is 263 g/mol. The van der Waals surface area contributed by atoms with E-state index in [1.807, 2.05) is 0 Å². The number of anilines is 1. The van der Waals surface area contributed by atoms with Crippen molar-refractivity contribution >= 4 is 23.4 Å². The van der Waals surface area contributed by atoms with Crippen LogP contribution in [0.25, 0.3) is 0 Å². The highest BCUT2D eigenvalue weighted by Gasteiger charge is 2.16. The average Bonchev–Trinajstić information content (AvgIpc) is 2.39. The molecule has 4 nitrogen and oxygen atoms in total. The normalized spacial score (nSPS) is 20.3. The molecule has 1 aromatic rings. The van der Waals surface area contributed by atoms with Crippen molar-refractivity contribution in [1.82, 2.24) is 10.2 Å². The van der Waals surface area contributed by atoms with Crippen LogP contribution in [0.15, 0.2) is 23.1 Å². The quantitative estimate of drug-likeness (QED) is 0.840. The van der Waals surface area contributed by atoms with Gasteiger partial charge < -0.3 is 10.6 Å². The van der Waals surface area contributed by atoms with E-state index in [1.165, 1.54) is 10.5 Å². The molecule has 0 bridgehead atoms. The van der Waals surface area contributed by atoms with Gasteiger partial charge in [-0.25, -0.2) is 0 Å². The highest BCUT2D eigenvalue weighted by atomic mass is 32.2. The maximum absolute atomic E-state index is 11.4. The van der Waals surface area contributed by atoms with Crippen LogP contribution >= 0.6 is 11.8 Å². The third kappa shape index (κ3) is 2.68. The molecule has 2 heterocycles. The number of amides is 1. The molecule has 2 aliphatic heterocycles. The number of hydrogen-bond acceptors (Lipinski definition) is 4. The van der Waals surface area contributed by atoms with E-state index >= 15 is 0 Å². The van der Waals surface area contributed by atoms with E-state index in [0.29, 0.717) is 5.75 Å². The van der Waals surface area contributed by atoms with Gasteiger partial charge >= 0.3 is 0 Å². The highest BCUT2D eigenvalue weighted by Crippen LogP contribution is 2.32. The van der Waals surface area contributed by atoms with E-state index in [1.54, 1.807) is 11.8 Å². The van der Waals surface area contributed by atoms with Crippen LogP contribution in [0.4, 0.5) is 5.69 Å². The number of hydrogen-bond donors (Lipinski definition) is 2. The van der Waals surface area contributed by atoms with E-state index in [0.717, 1.165) is 38.4 Å². The molecule has 96 valence electrons. The second kappa shape index (κ2) is 5.30. The number of carbonyl (C=O) groups is 1. The predicted molar refractivity (Wildman–Crippen MR) is 73.9 cm³/mol. The summed E-state index contributed by atoms with van der Waals surface area (Å²) in [4.78, 5) is 15.0. The molecule has 2 N–H and O–H groups in total. The molecule has 1 saturated heterocycles. The Hall–Kier alpha value is -1.04. The Balaban J connectivity index is 1.73. The van der Waals surface area contributed by atoms with Crippen molar-refractivity contribution in [3.05, 3.63) is 23.8 Å². The maximum Gasteiger partial charge on any atom is 0.234 e. The first-order valence-corrected chi connectivity index (χ1v) is 7.28. The third-order valence-electron chi connectivity index (χ3n) is 3.29. The first kappa shape index (κ1) is 12.0. The van der Waals surface area contributed by atoms with Gasteiger partial charge in [0.2, 0.25) is 5.91 Å². The molecule has 0 aromatic heterocycles. The zero-order valence-corrected chi connectivity index (χ0v) is 11.1. The number of piperazine rings is 1. The Morgan fingerprint density at radius 2 is 2.11 bits per heavy atom. The Labute approximate surface area is 111 Å². The second-order valence-corrected chi connectivity index (χ2v) is 5.71. The molecule has 5 heteroatoms. The lowest BCUT2D eigenvalue weighted by molar-refractivity contribution is -0.113. The van der Waals surface area contributed by atoms with Crippen LogP contribution in [0.3, 0.4) is 0 Å². The van der Waals surface area contributed by atoms with E-state index in [4.69, 9.17) is 0 Å². The molecule has 1 amide bonds. The van der Waals surface area contributed by atoms with Crippen molar-refractivity contribution in [2.24, 2.45) is 0 Å². The van der Waals surface area contributed by atoms with Gasteiger partial charge in [0.15, 0.2) is 0 Å². The molecule has 0 spiro atoms. The Kier molecular flexibility index (Phi) is 3.54. The standard InChI is InChI=1S/C13H17N3OS/c17-13-9-18-12-2-1-10(7-11(12)15-13)8-16-5-3-14-4-6-16/h1-2,7,14H,3-6,8-9H2,(H,15,17). The minimum absolute atomic E-state index is 0.104. The second-order valence-electron chi connectivity index (χ2n) is 4.69. The van der Waals surface area contributed by atoms with Gasteiger partial charge in [0, 0.05) is 37.6 Å². The largest absolute Gasteiger partial charge is 0.324 e. The van der Waals surface area contributed by atoms with Crippen molar-refractivity contribution < 1.29 is 4.79 Å². The minimum Gasteiger partial charge on any atom is -0.324 e. The number of nitrogens with zero attached hydrogens (tertiary/aromatic N) is 1. The Morgan fingerprint density at radius 3 is 2.94 bits per heavy atom.